The lowest BCUT2D eigenvalue weighted by Crippen LogP contribution is -2.19. The average molecular weight is 613 g/mol. The van der Waals surface area contributed by atoms with E-state index in [4.69, 9.17) is 21.1 Å². The van der Waals surface area contributed by atoms with E-state index in [1.165, 1.54) is 11.8 Å². The van der Waals surface area contributed by atoms with Crippen LogP contribution in [-0.2, 0) is 11.4 Å². The van der Waals surface area contributed by atoms with Gasteiger partial charge in [-0.2, -0.15) is 5.10 Å². The van der Waals surface area contributed by atoms with Gasteiger partial charge in [-0.25, -0.2) is 5.43 Å². The van der Waals surface area contributed by atoms with Gasteiger partial charge in [0.25, 0.3) is 0 Å². The third kappa shape index (κ3) is 8.37. The molecule has 1 N–H and O–H groups in total. The molecule has 0 spiro atoms. The van der Waals surface area contributed by atoms with Crippen molar-refractivity contribution in [3.8, 4) is 11.5 Å². The topological polar surface area (TPSA) is 59.9 Å². The van der Waals surface area contributed by atoms with E-state index in [-0.39, 0.29) is 11.7 Å². The molecule has 0 aliphatic carbocycles. The summed E-state index contributed by atoms with van der Waals surface area (Å²) in [6.07, 6.45) is 1.57. The highest BCUT2D eigenvalue weighted by atomic mass is 79.9. The van der Waals surface area contributed by atoms with Crippen LogP contribution in [0, 0.1) is 0 Å². The van der Waals surface area contributed by atoms with Crippen LogP contribution >= 0.6 is 55.2 Å². The second-order valence-electron chi connectivity index (χ2n) is 6.70. The highest BCUT2D eigenvalue weighted by molar-refractivity contribution is 9.10. The Morgan fingerprint density at radius 3 is 2.45 bits per heavy atom. The van der Waals surface area contributed by atoms with Crippen LogP contribution in [0.5, 0.6) is 11.5 Å². The number of thioether (sulfide) groups is 1. The number of hydrazone groups is 1. The van der Waals surface area contributed by atoms with Crippen LogP contribution in [0.3, 0.4) is 0 Å². The summed E-state index contributed by atoms with van der Waals surface area (Å²) >= 11 is 14.3. The van der Waals surface area contributed by atoms with E-state index in [0.29, 0.717) is 29.7 Å². The van der Waals surface area contributed by atoms with E-state index in [2.05, 4.69) is 42.4 Å². The molecular formula is C24H21Br2ClN2O3S. The van der Waals surface area contributed by atoms with E-state index < -0.39 is 0 Å². The molecule has 0 radical (unpaired) electrons. The molecule has 3 aromatic carbocycles. The number of amides is 1. The Morgan fingerprint density at radius 1 is 1.06 bits per heavy atom. The number of halogens is 3. The summed E-state index contributed by atoms with van der Waals surface area (Å²) in [5.74, 6) is 1.26. The van der Waals surface area contributed by atoms with E-state index in [1.54, 1.807) is 18.3 Å². The number of nitrogens with one attached hydrogen (secondary N) is 1. The number of carbonyl (C=O) groups is 1. The zero-order chi connectivity index (χ0) is 23.6. The van der Waals surface area contributed by atoms with Gasteiger partial charge in [-0.3, -0.25) is 4.79 Å². The third-order valence-electron chi connectivity index (χ3n) is 4.25. The lowest BCUT2D eigenvalue weighted by molar-refractivity contribution is -0.118. The first kappa shape index (κ1) is 25.6. The van der Waals surface area contributed by atoms with Crippen molar-refractivity contribution in [3.05, 3.63) is 85.8 Å². The van der Waals surface area contributed by atoms with E-state index in [9.17, 15) is 4.79 Å². The summed E-state index contributed by atoms with van der Waals surface area (Å²) in [6, 6.07) is 18.9. The first-order chi connectivity index (χ1) is 15.9. The smallest absolute Gasteiger partial charge is 0.250 e. The SMILES string of the molecule is CCOc1cc(/C=N\NC(=O)CSc2ccc(Cl)cc2)c(Br)cc1OCc1ccc(Br)cc1. The second-order valence-corrected chi connectivity index (χ2v) is 9.96. The minimum atomic E-state index is -0.207. The minimum absolute atomic E-state index is 0.207. The van der Waals surface area contributed by atoms with Crippen molar-refractivity contribution < 1.29 is 14.3 Å². The van der Waals surface area contributed by atoms with Crippen molar-refractivity contribution in [2.24, 2.45) is 5.10 Å². The lowest BCUT2D eigenvalue weighted by atomic mass is 10.2. The average Bonchev–Trinajstić information content (AvgIpc) is 2.80. The zero-order valence-corrected chi connectivity index (χ0v) is 22.4. The number of rotatable bonds is 10. The maximum atomic E-state index is 12.1. The molecule has 9 heteroatoms. The van der Waals surface area contributed by atoms with Gasteiger partial charge in [0, 0.05) is 24.4 Å². The zero-order valence-electron chi connectivity index (χ0n) is 17.7. The molecule has 3 rings (SSSR count). The first-order valence-electron chi connectivity index (χ1n) is 9.98. The molecule has 0 fully saturated rings. The molecule has 0 saturated carbocycles. The summed E-state index contributed by atoms with van der Waals surface area (Å²) in [7, 11) is 0. The van der Waals surface area contributed by atoms with Crippen LogP contribution in [-0.4, -0.2) is 24.5 Å². The largest absolute Gasteiger partial charge is 0.490 e. The number of nitrogens with zero attached hydrogens (tertiary/aromatic N) is 1. The number of hydrogen-bond acceptors (Lipinski definition) is 5. The van der Waals surface area contributed by atoms with Gasteiger partial charge in [0.15, 0.2) is 11.5 Å². The molecule has 0 aromatic heterocycles. The standard InChI is InChI=1S/C24H21Br2ClN2O3S/c1-2-31-22-11-17(13-28-29-24(30)15-33-20-9-7-19(27)8-10-20)21(26)12-23(22)32-14-16-3-5-18(25)6-4-16/h3-13H,2,14-15H2,1H3,(H,29,30)/b28-13-. The molecule has 3 aromatic rings. The van der Waals surface area contributed by atoms with Crippen LogP contribution in [0.2, 0.25) is 5.02 Å². The molecule has 0 unspecified atom stereocenters. The van der Waals surface area contributed by atoms with Crippen molar-refractivity contribution in [1.29, 1.82) is 0 Å². The second kappa shape index (κ2) is 13.0. The summed E-state index contributed by atoms with van der Waals surface area (Å²) in [6.45, 7) is 2.81. The van der Waals surface area contributed by atoms with Crippen LogP contribution in [0.1, 0.15) is 18.1 Å². The molecule has 0 aliphatic rings. The highest BCUT2D eigenvalue weighted by Crippen LogP contribution is 2.34. The molecule has 5 nitrogen and oxygen atoms in total. The molecule has 33 heavy (non-hydrogen) atoms. The van der Waals surface area contributed by atoms with Crippen LogP contribution in [0.4, 0.5) is 0 Å². The Morgan fingerprint density at radius 2 is 1.76 bits per heavy atom. The molecule has 0 heterocycles. The van der Waals surface area contributed by atoms with Crippen LogP contribution < -0.4 is 14.9 Å². The van der Waals surface area contributed by atoms with Crippen LogP contribution in [0.25, 0.3) is 0 Å². The fraction of sp³-hybridized carbons (Fsp3) is 0.167. The van der Waals surface area contributed by atoms with Gasteiger partial charge in [-0.15, -0.1) is 11.8 Å². The Kier molecular flexibility index (Phi) is 10.1. The molecule has 0 aliphatic heterocycles. The van der Waals surface area contributed by atoms with E-state index in [0.717, 1.165) is 25.0 Å². The maximum Gasteiger partial charge on any atom is 0.250 e. The number of ether oxygens (including phenoxy) is 2. The van der Waals surface area contributed by atoms with Crippen molar-refractivity contribution in [2.75, 3.05) is 12.4 Å². The fourth-order valence-corrected chi connectivity index (χ4v) is 4.16. The Balaban J connectivity index is 1.60. The van der Waals surface area contributed by atoms with Gasteiger partial charge in [0.1, 0.15) is 6.61 Å². The quantitative estimate of drug-likeness (QED) is 0.151. The Labute approximate surface area is 219 Å². The van der Waals surface area contributed by atoms with Crippen molar-refractivity contribution in [2.45, 2.75) is 18.4 Å². The summed E-state index contributed by atoms with van der Waals surface area (Å²) in [5.41, 5.74) is 4.34. The van der Waals surface area contributed by atoms with Gasteiger partial charge in [-0.05, 0) is 76.9 Å². The van der Waals surface area contributed by atoms with Crippen molar-refractivity contribution >= 4 is 67.3 Å². The number of benzene rings is 3. The normalized spacial score (nSPS) is 10.9. The minimum Gasteiger partial charge on any atom is -0.490 e. The Bertz CT molecular complexity index is 1110. The molecule has 0 bridgehead atoms. The predicted octanol–water partition coefficient (Wildman–Crippen LogP) is 7.09. The summed E-state index contributed by atoms with van der Waals surface area (Å²) in [5, 5.41) is 4.73. The maximum absolute atomic E-state index is 12.1. The fourth-order valence-electron chi connectivity index (χ4n) is 2.66. The van der Waals surface area contributed by atoms with E-state index in [1.807, 2.05) is 55.5 Å². The molecule has 172 valence electrons. The third-order valence-corrected chi connectivity index (χ3v) is 6.73. The summed E-state index contributed by atoms with van der Waals surface area (Å²) in [4.78, 5) is 13.1. The molecule has 0 atom stereocenters. The number of hydrogen-bond donors (Lipinski definition) is 1. The van der Waals surface area contributed by atoms with Gasteiger partial charge < -0.3 is 9.47 Å². The van der Waals surface area contributed by atoms with Crippen molar-refractivity contribution in [3.63, 3.8) is 0 Å². The molecular weight excluding hydrogens is 592 g/mol. The monoisotopic (exact) mass is 610 g/mol. The van der Waals surface area contributed by atoms with Gasteiger partial charge >= 0.3 is 0 Å². The Hall–Kier alpha value is -2.00. The lowest BCUT2D eigenvalue weighted by Gasteiger charge is -2.14. The van der Waals surface area contributed by atoms with E-state index >= 15 is 0 Å². The summed E-state index contributed by atoms with van der Waals surface area (Å²) < 4.78 is 13.5. The van der Waals surface area contributed by atoms with Gasteiger partial charge in [0.05, 0.1) is 18.6 Å². The molecule has 1 amide bonds. The van der Waals surface area contributed by atoms with Crippen LogP contribution in [0.15, 0.2) is 79.6 Å². The van der Waals surface area contributed by atoms with Crippen molar-refractivity contribution in [1.82, 2.24) is 5.43 Å². The number of carbonyl (C=O) groups excluding carboxylic acids is 1. The first-order valence-corrected chi connectivity index (χ1v) is 12.9. The molecule has 0 saturated heterocycles. The van der Waals surface area contributed by atoms with Gasteiger partial charge in [-0.1, -0.05) is 39.7 Å². The predicted molar refractivity (Wildman–Crippen MR) is 142 cm³/mol. The van der Waals surface area contributed by atoms with Gasteiger partial charge in [0.2, 0.25) is 5.91 Å². The highest BCUT2D eigenvalue weighted by Gasteiger charge is 2.11.